The van der Waals surface area contributed by atoms with Crippen LogP contribution < -0.4 is 4.72 Å². The zero-order valence-corrected chi connectivity index (χ0v) is 15.6. The molecule has 0 spiro atoms. The SMILES string of the molecule is Cc1cc(S(=O)(=O)Nc2ccc(Cl)c(-c3cc(F)ccc3C)n2)ccn1. The number of nitrogens with zero attached hydrogens (tertiary/aromatic N) is 2. The van der Waals surface area contributed by atoms with Gasteiger partial charge in [-0.3, -0.25) is 9.71 Å². The van der Waals surface area contributed by atoms with Gasteiger partial charge >= 0.3 is 0 Å². The van der Waals surface area contributed by atoms with Crippen LogP contribution >= 0.6 is 11.6 Å². The summed E-state index contributed by atoms with van der Waals surface area (Å²) in [4.78, 5) is 8.33. The summed E-state index contributed by atoms with van der Waals surface area (Å²) in [6, 6.07) is 10.1. The molecule has 26 heavy (non-hydrogen) atoms. The van der Waals surface area contributed by atoms with Gasteiger partial charge in [-0.2, -0.15) is 0 Å². The van der Waals surface area contributed by atoms with Gasteiger partial charge < -0.3 is 0 Å². The van der Waals surface area contributed by atoms with Crippen LogP contribution in [0, 0.1) is 19.7 Å². The second-order valence-corrected chi connectivity index (χ2v) is 7.81. The molecule has 0 bridgehead atoms. The first-order chi connectivity index (χ1) is 12.3. The van der Waals surface area contributed by atoms with E-state index in [9.17, 15) is 12.8 Å². The number of benzene rings is 1. The van der Waals surface area contributed by atoms with Crippen molar-refractivity contribution in [2.24, 2.45) is 0 Å². The number of anilines is 1. The van der Waals surface area contributed by atoms with Crippen molar-refractivity contribution < 1.29 is 12.8 Å². The average molecular weight is 392 g/mol. The van der Waals surface area contributed by atoms with Crippen molar-refractivity contribution in [3.8, 4) is 11.3 Å². The third-order valence-electron chi connectivity index (χ3n) is 3.72. The van der Waals surface area contributed by atoms with Gasteiger partial charge in [0, 0.05) is 17.5 Å². The summed E-state index contributed by atoms with van der Waals surface area (Å²) in [5.41, 5.74) is 2.14. The van der Waals surface area contributed by atoms with Crippen LogP contribution in [0.25, 0.3) is 11.3 Å². The highest BCUT2D eigenvalue weighted by atomic mass is 35.5. The third-order valence-corrected chi connectivity index (χ3v) is 5.38. The van der Waals surface area contributed by atoms with Crippen LogP contribution in [0.4, 0.5) is 10.2 Å². The molecule has 2 heterocycles. The zero-order chi connectivity index (χ0) is 18.9. The molecule has 0 atom stereocenters. The fraction of sp³-hybridized carbons (Fsp3) is 0.111. The lowest BCUT2D eigenvalue weighted by Gasteiger charge is -2.12. The zero-order valence-electron chi connectivity index (χ0n) is 14.0. The number of hydrogen-bond acceptors (Lipinski definition) is 4. The first-order valence-electron chi connectivity index (χ1n) is 7.65. The van der Waals surface area contributed by atoms with Crippen molar-refractivity contribution in [1.29, 1.82) is 0 Å². The minimum atomic E-state index is -3.84. The summed E-state index contributed by atoms with van der Waals surface area (Å²) >= 11 is 6.19. The normalized spacial score (nSPS) is 11.4. The van der Waals surface area contributed by atoms with Gasteiger partial charge in [-0.25, -0.2) is 17.8 Å². The summed E-state index contributed by atoms with van der Waals surface area (Å²) in [6.45, 7) is 3.49. The summed E-state index contributed by atoms with van der Waals surface area (Å²) in [5.74, 6) is -0.343. The maximum absolute atomic E-state index is 13.6. The maximum atomic E-state index is 13.6. The van der Waals surface area contributed by atoms with Gasteiger partial charge in [-0.05, 0) is 55.8 Å². The topological polar surface area (TPSA) is 72.0 Å². The van der Waals surface area contributed by atoms with Crippen molar-refractivity contribution in [2.45, 2.75) is 18.7 Å². The number of sulfonamides is 1. The molecular weight excluding hydrogens is 377 g/mol. The highest BCUT2D eigenvalue weighted by Crippen LogP contribution is 2.31. The van der Waals surface area contributed by atoms with Crippen LogP contribution in [0.1, 0.15) is 11.3 Å². The number of rotatable bonds is 4. The molecule has 0 aliphatic heterocycles. The molecule has 1 aromatic carbocycles. The van der Waals surface area contributed by atoms with Gasteiger partial charge in [-0.15, -0.1) is 0 Å². The van der Waals surface area contributed by atoms with Gasteiger partial charge in [-0.1, -0.05) is 17.7 Å². The van der Waals surface area contributed by atoms with E-state index in [-0.39, 0.29) is 10.7 Å². The standard InChI is InChI=1S/C18H15ClFN3O2S/c1-11-3-4-13(20)10-15(11)18-16(19)5-6-17(22-18)23-26(24,25)14-7-8-21-12(2)9-14/h3-10H,1-2H3,(H,22,23). The summed E-state index contributed by atoms with van der Waals surface area (Å²) < 4.78 is 41.1. The first-order valence-corrected chi connectivity index (χ1v) is 9.51. The first kappa shape index (κ1) is 18.3. The molecule has 0 amide bonds. The molecule has 0 saturated carbocycles. The van der Waals surface area contributed by atoms with Crippen molar-refractivity contribution in [1.82, 2.24) is 9.97 Å². The molecule has 5 nitrogen and oxygen atoms in total. The van der Waals surface area contributed by atoms with E-state index in [0.29, 0.717) is 22.0 Å². The number of pyridine rings is 2. The Morgan fingerprint density at radius 1 is 1.08 bits per heavy atom. The van der Waals surface area contributed by atoms with Crippen LogP contribution in [0.3, 0.4) is 0 Å². The second-order valence-electron chi connectivity index (χ2n) is 5.72. The number of nitrogens with one attached hydrogen (secondary N) is 1. The molecule has 0 aliphatic carbocycles. The molecule has 0 unspecified atom stereocenters. The Balaban J connectivity index is 2.02. The molecule has 0 fully saturated rings. The van der Waals surface area contributed by atoms with Gasteiger partial charge in [0.1, 0.15) is 11.6 Å². The van der Waals surface area contributed by atoms with E-state index in [1.807, 2.05) is 0 Å². The van der Waals surface area contributed by atoms with E-state index in [0.717, 1.165) is 5.56 Å². The van der Waals surface area contributed by atoms with Gasteiger partial charge in [0.25, 0.3) is 10.0 Å². The molecular formula is C18H15ClFN3O2S. The summed E-state index contributed by atoms with van der Waals surface area (Å²) in [6.07, 6.45) is 1.42. The van der Waals surface area contributed by atoms with E-state index < -0.39 is 15.8 Å². The van der Waals surface area contributed by atoms with E-state index in [4.69, 9.17) is 11.6 Å². The molecule has 3 rings (SSSR count). The van der Waals surface area contributed by atoms with Crippen LogP contribution in [0.5, 0.6) is 0 Å². The minimum Gasteiger partial charge on any atom is -0.263 e. The Bertz CT molecular complexity index is 1090. The molecule has 134 valence electrons. The van der Waals surface area contributed by atoms with Crippen LogP contribution in [0.2, 0.25) is 5.02 Å². The Morgan fingerprint density at radius 2 is 1.85 bits per heavy atom. The number of halogens is 2. The number of hydrogen-bond donors (Lipinski definition) is 1. The molecule has 2 aromatic heterocycles. The third kappa shape index (κ3) is 3.84. The lowest BCUT2D eigenvalue weighted by atomic mass is 10.0. The van der Waals surface area contributed by atoms with Gasteiger partial charge in [0.15, 0.2) is 0 Å². The lowest BCUT2D eigenvalue weighted by molar-refractivity contribution is 0.600. The van der Waals surface area contributed by atoms with Crippen molar-refractivity contribution >= 4 is 27.4 Å². The van der Waals surface area contributed by atoms with Crippen molar-refractivity contribution in [2.75, 3.05) is 4.72 Å². The Hall–Kier alpha value is -2.51. The Morgan fingerprint density at radius 3 is 2.58 bits per heavy atom. The van der Waals surface area contributed by atoms with E-state index in [1.165, 1.54) is 42.6 Å². The molecule has 0 saturated heterocycles. The maximum Gasteiger partial charge on any atom is 0.263 e. The predicted molar refractivity (Wildman–Crippen MR) is 99.2 cm³/mol. The predicted octanol–water partition coefficient (Wildman–Crippen LogP) is 4.35. The van der Waals surface area contributed by atoms with Gasteiger partial charge in [0.2, 0.25) is 0 Å². The van der Waals surface area contributed by atoms with Crippen LogP contribution in [-0.4, -0.2) is 18.4 Å². The fourth-order valence-electron chi connectivity index (χ4n) is 2.42. The fourth-order valence-corrected chi connectivity index (χ4v) is 3.70. The Labute approximate surface area is 155 Å². The molecule has 0 aliphatic rings. The molecule has 8 heteroatoms. The van der Waals surface area contributed by atoms with Crippen molar-refractivity contribution in [3.05, 3.63) is 70.8 Å². The lowest BCUT2D eigenvalue weighted by Crippen LogP contribution is -2.14. The van der Waals surface area contributed by atoms with E-state index in [1.54, 1.807) is 19.9 Å². The highest BCUT2D eigenvalue weighted by Gasteiger charge is 2.17. The average Bonchev–Trinajstić information content (AvgIpc) is 2.59. The number of aromatic nitrogens is 2. The Kier molecular flexibility index (Phi) is 4.93. The largest absolute Gasteiger partial charge is 0.263 e. The summed E-state index contributed by atoms with van der Waals surface area (Å²) in [5, 5.41) is 0.293. The summed E-state index contributed by atoms with van der Waals surface area (Å²) in [7, 11) is -3.84. The highest BCUT2D eigenvalue weighted by molar-refractivity contribution is 7.92. The van der Waals surface area contributed by atoms with Crippen molar-refractivity contribution in [3.63, 3.8) is 0 Å². The molecule has 1 N–H and O–H groups in total. The van der Waals surface area contributed by atoms with Gasteiger partial charge in [0.05, 0.1) is 15.6 Å². The quantitative estimate of drug-likeness (QED) is 0.717. The second kappa shape index (κ2) is 7.01. The van der Waals surface area contributed by atoms with Crippen LogP contribution in [0.15, 0.2) is 53.6 Å². The monoisotopic (exact) mass is 391 g/mol. The smallest absolute Gasteiger partial charge is 0.263 e. The molecule has 3 aromatic rings. The van der Waals surface area contributed by atoms with E-state index in [2.05, 4.69) is 14.7 Å². The number of aryl methyl sites for hydroxylation is 2. The minimum absolute atomic E-state index is 0.0743. The molecule has 0 radical (unpaired) electrons. The van der Waals surface area contributed by atoms with Crippen LogP contribution in [-0.2, 0) is 10.0 Å². The van der Waals surface area contributed by atoms with E-state index >= 15 is 0 Å².